The molecule has 1 aromatic rings. The van der Waals surface area contributed by atoms with Gasteiger partial charge in [0.2, 0.25) is 0 Å². The largest absolute Gasteiger partial charge is 0.351 e. The molecule has 1 rings (SSSR count). The lowest BCUT2D eigenvalue weighted by atomic mass is 10.0. The quantitative estimate of drug-likeness (QED) is 0.806. The van der Waals surface area contributed by atoms with Gasteiger partial charge in [0.05, 0.1) is 6.54 Å². The van der Waals surface area contributed by atoms with Crippen LogP contribution in [-0.4, -0.2) is 34.7 Å². The van der Waals surface area contributed by atoms with Gasteiger partial charge in [0.1, 0.15) is 0 Å². The van der Waals surface area contributed by atoms with Gasteiger partial charge in [-0.25, -0.2) is 0 Å². The molecule has 0 aliphatic heterocycles. The third kappa shape index (κ3) is 4.80. The van der Waals surface area contributed by atoms with Crippen LogP contribution >= 0.6 is 0 Å². The van der Waals surface area contributed by atoms with Gasteiger partial charge < -0.3 is 11.1 Å². The van der Waals surface area contributed by atoms with Crippen molar-refractivity contribution in [1.82, 2.24) is 5.32 Å². The Bertz CT molecular complexity index is 573. The minimum atomic E-state index is -0.940. The van der Waals surface area contributed by atoms with Gasteiger partial charge in [-0.05, 0) is 37.6 Å². The molecule has 2 unspecified atom stereocenters. The second-order valence-corrected chi connectivity index (χ2v) is 6.36. The van der Waals surface area contributed by atoms with Crippen molar-refractivity contribution in [3.05, 3.63) is 34.9 Å². The smallest absolute Gasteiger partial charge is 0.251 e. The SMILES string of the molecule is Cc1cc(C(=O)NCC(C)S(C)=O)ccc1C#CCN. The highest BCUT2D eigenvalue weighted by Crippen LogP contribution is 2.10. The Morgan fingerprint density at radius 2 is 2.20 bits per heavy atom. The molecular formula is C15H20N2O2S. The van der Waals surface area contributed by atoms with Crippen molar-refractivity contribution in [1.29, 1.82) is 0 Å². The van der Waals surface area contributed by atoms with Crippen LogP contribution in [-0.2, 0) is 10.8 Å². The average molecular weight is 292 g/mol. The fourth-order valence-electron chi connectivity index (χ4n) is 1.55. The van der Waals surface area contributed by atoms with E-state index < -0.39 is 10.8 Å². The zero-order valence-electron chi connectivity index (χ0n) is 12.0. The zero-order valence-corrected chi connectivity index (χ0v) is 12.8. The standard InChI is InChI=1S/C15H20N2O2S/c1-11-9-14(7-6-13(11)5-4-8-16)15(18)17-10-12(2)20(3)19/h6-7,9,12H,8,10,16H2,1-3H3,(H,17,18). The third-order valence-electron chi connectivity index (χ3n) is 2.93. The number of amides is 1. The minimum absolute atomic E-state index is 0.0604. The number of carbonyl (C=O) groups excluding carboxylic acids is 1. The maximum Gasteiger partial charge on any atom is 0.251 e. The molecule has 0 aromatic heterocycles. The molecule has 2 atom stereocenters. The number of hydrogen-bond acceptors (Lipinski definition) is 3. The van der Waals surface area contributed by atoms with Gasteiger partial charge >= 0.3 is 0 Å². The molecule has 20 heavy (non-hydrogen) atoms. The molecule has 5 heteroatoms. The van der Waals surface area contributed by atoms with Crippen LogP contribution in [0.1, 0.15) is 28.4 Å². The molecule has 0 bridgehead atoms. The van der Waals surface area contributed by atoms with E-state index in [0.29, 0.717) is 18.7 Å². The molecule has 4 nitrogen and oxygen atoms in total. The van der Waals surface area contributed by atoms with E-state index in [4.69, 9.17) is 5.73 Å². The van der Waals surface area contributed by atoms with E-state index in [2.05, 4.69) is 17.2 Å². The second kappa shape index (κ2) is 7.83. The van der Waals surface area contributed by atoms with Gasteiger partial charge in [-0.1, -0.05) is 11.8 Å². The Morgan fingerprint density at radius 1 is 1.50 bits per heavy atom. The lowest BCUT2D eigenvalue weighted by Gasteiger charge is -2.10. The molecule has 0 aliphatic rings. The van der Waals surface area contributed by atoms with Crippen LogP contribution in [0, 0.1) is 18.8 Å². The molecule has 1 amide bonds. The molecule has 0 radical (unpaired) electrons. The van der Waals surface area contributed by atoms with Crippen molar-refractivity contribution < 1.29 is 9.00 Å². The maximum atomic E-state index is 12.0. The lowest BCUT2D eigenvalue weighted by Crippen LogP contribution is -2.32. The highest BCUT2D eigenvalue weighted by molar-refractivity contribution is 7.84. The molecular weight excluding hydrogens is 272 g/mol. The zero-order chi connectivity index (χ0) is 15.1. The van der Waals surface area contributed by atoms with E-state index in [-0.39, 0.29) is 11.2 Å². The van der Waals surface area contributed by atoms with Crippen LogP contribution in [0.15, 0.2) is 18.2 Å². The first kappa shape index (κ1) is 16.4. The fourth-order valence-corrected chi connectivity index (χ4v) is 1.87. The maximum absolute atomic E-state index is 12.0. The van der Waals surface area contributed by atoms with E-state index in [1.54, 1.807) is 18.4 Å². The predicted molar refractivity (Wildman–Crippen MR) is 83.0 cm³/mol. The first-order chi connectivity index (χ1) is 9.45. The van der Waals surface area contributed by atoms with Gasteiger partial charge in [-0.2, -0.15) is 0 Å². The van der Waals surface area contributed by atoms with Gasteiger partial charge in [0.25, 0.3) is 5.91 Å². The molecule has 0 saturated heterocycles. The van der Waals surface area contributed by atoms with Crippen LogP contribution in [0.4, 0.5) is 0 Å². The first-order valence-electron chi connectivity index (χ1n) is 6.35. The molecule has 0 heterocycles. The van der Waals surface area contributed by atoms with Crippen LogP contribution < -0.4 is 11.1 Å². The van der Waals surface area contributed by atoms with E-state index in [1.807, 2.05) is 19.9 Å². The summed E-state index contributed by atoms with van der Waals surface area (Å²) in [4.78, 5) is 12.0. The molecule has 3 N–H and O–H groups in total. The van der Waals surface area contributed by atoms with Crippen molar-refractivity contribution in [2.45, 2.75) is 19.1 Å². The normalized spacial score (nSPS) is 13.0. The van der Waals surface area contributed by atoms with Crippen molar-refractivity contribution in [3.8, 4) is 11.8 Å². The fraction of sp³-hybridized carbons (Fsp3) is 0.400. The first-order valence-corrected chi connectivity index (χ1v) is 7.97. The highest BCUT2D eigenvalue weighted by Gasteiger charge is 2.10. The van der Waals surface area contributed by atoms with E-state index in [1.165, 1.54) is 0 Å². The monoisotopic (exact) mass is 292 g/mol. The van der Waals surface area contributed by atoms with Crippen LogP contribution in [0.2, 0.25) is 0 Å². The van der Waals surface area contributed by atoms with Crippen LogP contribution in [0.5, 0.6) is 0 Å². The van der Waals surface area contributed by atoms with E-state index in [9.17, 15) is 9.00 Å². The summed E-state index contributed by atoms with van der Waals surface area (Å²) < 4.78 is 11.2. The number of benzene rings is 1. The Hall–Kier alpha value is -1.64. The molecule has 1 aromatic carbocycles. The number of carbonyl (C=O) groups is 1. The summed E-state index contributed by atoms with van der Waals surface area (Å²) in [6.45, 7) is 4.46. The summed E-state index contributed by atoms with van der Waals surface area (Å²) in [5, 5.41) is 2.72. The lowest BCUT2D eigenvalue weighted by molar-refractivity contribution is 0.0954. The number of aryl methyl sites for hydroxylation is 1. The molecule has 0 saturated carbocycles. The summed E-state index contributed by atoms with van der Waals surface area (Å²) in [7, 11) is -0.940. The van der Waals surface area contributed by atoms with Gasteiger partial charge in [0, 0.05) is 40.0 Å². The average Bonchev–Trinajstić information content (AvgIpc) is 2.42. The number of rotatable bonds is 4. The molecule has 0 aliphatic carbocycles. The number of hydrogen-bond donors (Lipinski definition) is 2. The summed E-state index contributed by atoms with van der Waals surface area (Å²) >= 11 is 0. The number of nitrogens with two attached hydrogens (primary N) is 1. The Balaban J connectivity index is 2.75. The minimum Gasteiger partial charge on any atom is -0.351 e. The van der Waals surface area contributed by atoms with E-state index >= 15 is 0 Å². The van der Waals surface area contributed by atoms with Crippen molar-refractivity contribution in [3.63, 3.8) is 0 Å². The van der Waals surface area contributed by atoms with E-state index in [0.717, 1.165) is 11.1 Å². The molecule has 0 fully saturated rings. The predicted octanol–water partition coefficient (Wildman–Crippen LogP) is 0.802. The van der Waals surface area contributed by atoms with Crippen molar-refractivity contribution in [2.75, 3.05) is 19.3 Å². The Morgan fingerprint density at radius 3 is 2.75 bits per heavy atom. The summed E-state index contributed by atoms with van der Waals surface area (Å²) in [6, 6.07) is 5.34. The second-order valence-electron chi connectivity index (χ2n) is 4.55. The number of nitrogens with one attached hydrogen (secondary N) is 1. The highest BCUT2D eigenvalue weighted by atomic mass is 32.2. The summed E-state index contributed by atoms with van der Waals surface area (Å²) in [6.07, 6.45) is 1.63. The van der Waals surface area contributed by atoms with Gasteiger partial charge in [0.15, 0.2) is 0 Å². The summed E-state index contributed by atoms with van der Waals surface area (Å²) in [5.74, 6) is 5.58. The Labute approximate surface area is 122 Å². The van der Waals surface area contributed by atoms with Crippen molar-refractivity contribution >= 4 is 16.7 Å². The van der Waals surface area contributed by atoms with Crippen LogP contribution in [0.25, 0.3) is 0 Å². The molecule has 108 valence electrons. The topological polar surface area (TPSA) is 72.2 Å². The Kier molecular flexibility index (Phi) is 6.43. The summed E-state index contributed by atoms with van der Waals surface area (Å²) in [5.41, 5.74) is 7.72. The van der Waals surface area contributed by atoms with Crippen molar-refractivity contribution in [2.24, 2.45) is 5.73 Å². The molecule has 0 spiro atoms. The van der Waals surface area contributed by atoms with Gasteiger partial charge in [-0.15, -0.1) is 0 Å². The third-order valence-corrected chi connectivity index (χ3v) is 4.23. The van der Waals surface area contributed by atoms with Gasteiger partial charge in [-0.3, -0.25) is 9.00 Å². The van der Waals surface area contributed by atoms with Crippen LogP contribution in [0.3, 0.4) is 0 Å².